The number of amides is 5. The number of H-pyrrole nitrogens is 1. The quantitative estimate of drug-likeness (QED) is 0.0279. The molecule has 0 aliphatic carbocycles. The van der Waals surface area contributed by atoms with Crippen LogP contribution in [-0.2, 0) is 36.8 Å². The molecule has 5 amide bonds. The fraction of sp³-hybridized carbons (Fsp3) is 0.289. The third kappa shape index (κ3) is 14.2. The van der Waals surface area contributed by atoms with Crippen LogP contribution in [0.25, 0.3) is 22.0 Å². The third-order valence-corrected chi connectivity index (χ3v) is 9.88. The maximum atomic E-state index is 14.4. The van der Waals surface area contributed by atoms with Gasteiger partial charge in [0.2, 0.25) is 29.5 Å². The molecule has 61 heavy (non-hydrogen) atoms. The van der Waals surface area contributed by atoms with Gasteiger partial charge in [0.1, 0.15) is 23.9 Å². The number of nitrogens with one attached hydrogen (secondary N) is 6. The van der Waals surface area contributed by atoms with E-state index in [4.69, 9.17) is 17.2 Å². The number of carbonyl (C=O) groups is 5. The molecular formula is C45H54N10O6. The van der Waals surface area contributed by atoms with Crippen LogP contribution >= 0.6 is 0 Å². The number of para-hydroxylation sites is 1. The summed E-state index contributed by atoms with van der Waals surface area (Å²) in [6.07, 6.45) is 3.32. The Bertz CT molecular complexity index is 2260. The lowest BCUT2D eigenvalue weighted by Gasteiger charge is -2.26. The maximum absolute atomic E-state index is 14.4. The minimum absolute atomic E-state index is 0.0234. The number of guanidine groups is 1. The second-order valence-corrected chi connectivity index (χ2v) is 14.6. The highest BCUT2D eigenvalue weighted by atomic mass is 16.3. The lowest BCUT2D eigenvalue weighted by Crippen LogP contribution is -2.58. The Hall–Kier alpha value is -7.20. The van der Waals surface area contributed by atoms with Gasteiger partial charge < -0.3 is 53.9 Å². The predicted molar refractivity (Wildman–Crippen MR) is 236 cm³/mol. The van der Waals surface area contributed by atoms with E-state index < -0.39 is 47.7 Å². The average molecular weight is 831 g/mol. The molecule has 1 heterocycles. The number of anilines is 1. The monoisotopic (exact) mass is 830 g/mol. The Balaban J connectivity index is 1.39. The zero-order chi connectivity index (χ0) is 43.6. The van der Waals surface area contributed by atoms with E-state index in [0.717, 1.165) is 16.6 Å². The lowest BCUT2D eigenvalue weighted by molar-refractivity contribution is -0.134. The van der Waals surface area contributed by atoms with Gasteiger partial charge in [-0.3, -0.25) is 29.0 Å². The number of hydrogen-bond acceptors (Lipinski definition) is 8. The molecule has 4 aromatic carbocycles. The number of rotatable bonds is 22. The van der Waals surface area contributed by atoms with Gasteiger partial charge in [0, 0.05) is 48.6 Å². The van der Waals surface area contributed by atoms with Gasteiger partial charge in [0.05, 0.1) is 6.54 Å². The molecule has 0 aliphatic rings. The summed E-state index contributed by atoms with van der Waals surface area (Å²) >= 11 is 0. The highest BCUT2D eigenvalue weighted by Gasteiger charge is 2.31. The number of unbranched alkanes of at least 4 members (excludes halogenated alkanes) is 1. The number of benzene rings is 4. The van der Waals surface area contributed by atoms with Crippen molar-refractivity contribution in [3.8, 4) is 16.9 Å². The Kier molecular flexibility index (Phi) is 16.8. The molecule has 16 heteroatoms. The van der Waals surface area contributed by atoms with E-state index in [9.17, 15) is 29.1 Å². The first-order valence-electron chi connectivity index (χ1n) is 20.2. The van der Waals surface area contributed by atoms with Crippen LogP contribution in [0.1, 0.15) is 43.2 Å². The summed E-state index contributed by atoms with van der Waals surface area (Å²) < 4.78 is 0. The van der Waals surface area contributed by atoms with Crippen molar-refractivity contribution >= 4 is 52.1 Å². The Morgan fingerprint density at radius 1 is 0.689 bits per heavy atom. The number of phenolic OH excluding ortho intramolecular Hbond substituents is 1. The fourth-order valence-electron chi connectivity index (χ4n) is 6.70. The first kappa shape index (κ1) is 44.9. The van der Waals surface area contributed by atoms with Gasteiger partial charge >= 0.3 is 0 Å². The summed E-state index contributed by atoms with van der Waals surface area (Å²) in [6, 6.07) is 27.4. The summed E-state index contributed by atoms with van der Waals surface area (Å²) in [5, 5.41) is 24.7. The number of aromatic hydroxyl groups is 1. The molecule has 13 N–H and O–H groups in total. The van der Waals surface area contributed by atoms with Crippen LogP contribution in [0.5, 0.6) is 5.75 Å². The normalized spacial score (nSPS) is 12.3. The molecular weight excluding hydrogens is 777 g/mol. The molecule has 1 aromatic heterocycles. The number of aromatic nitrogens is 1. The molecule has 5 rings (SSSR count). The van der Waals surface area contributed by atoms with Crippen molar-refractivity contribution in [2.75, 3.05) is 25.0 Å². The fourth-order valence-corrected chi connectivity index (χ4v) is 6.70. The zero-order valence-electron chi connectivity index (χ0n) is 33.9. The van der Waals surface area contributed by atoms with Crippen molar-refractivity contribution in [3.63, 3.8) is 0 Å². The van der Waals surface area contributed by atoms with Crippen LogP contribution in [-0.4, -0.2) is 83.3 Å². The minimum Gasteiger partial charge on any atom is -0.508 e. The molecule has 0 aliphatic heterocycles. The Labute approximate surface area is 354 Å². The molecule has 5 aromatic rings. The average Bonchev–Trinajstić information content (AvgIpc) is 3.65. The van der Waals surface area contributed by atoms with E-state index in [0.29, 0.717) is 48.0 Å². The van der Waals surface area contributed by atoms with Crippen molar-refractivity contribution in [2.24, 2.45) is 22.2 Å². The van der Waals surface area contributed by atoms with Crippen LogP contribution in [0.3, 0.4) is 0 Å². The van der Waals surface area contributed by atoms with E-state index in [1.807, 2.05) is 60.7 Å². The highest BCUT2D eigenvalue weighted by Crippen LogP contribution is 2.24. The van der Waals surface area contributed by atoms with Crippen molar-refractivity contribution < 1.29 is 29.1 Å². The van der Waals surface area contributed by atoms with E-state index in [2.05, 4.69) is 36.6 Å². The van der Waals surface area contributed by atoms with Crippen LogP contribution in [0.2, 0.25) is 0 Å². The van der Waals surface area contributed by atoms with Gasteiger partial charge in [-0.1, -0.05) is 72.8 Å². The molecule has 0 bridgehead atoms. The number of aliphatic imine (C=N–C) groups is 1. The minimum atomic E-state index is -1.22. The van der Waals surface area contributed by atoms with Crippen LogP contribution in [0, 0.1) is 0 Å². The summed E-state index contributed by atoms with van der Waals surface area (Å²) in [6.45, 7) is 0.216. The van der Waals surface area contributed by atoms with E-state index in [1.165, 1.54) is 6.07 Å². The van der Waals surface area contributed by atoms with Gasteiger partial charge in [-0.2, -0.15) is 0 Å². The Morgan fingerprint density at radius 2 is 1.34 bits per heavy atom. The molecule has 0 spiro atoms. The zero-order valence-corrected chi connectivity index (χ0v) is 33.9. The van der Waals surface area contributed by atoms with Crippen molar-refractivity contribution in [2.45, 2.75) is 63.1 Å². The second kappa shape index (κ2) is 22.8. The van der Waals surface area contributed by atoms with E-state index >= 15 is 0 Å². The molecule has 0 unspecified atom stereocenters. The van der Waals surface area contributed by atoms with Crippen molar-refractivity contribution in [1.29, 1.82) is 0 Å². The lowest BCUT2D eigenvalue weighted by atomic mass is 9.99. The summed E-state index contributed by atoms with van der Waals surface area (Å²) in [5.41, 5.74) is 21.2. The highest BCUT2D eigenvalue weighted by molar-refractivity contribution is 5.97. The molecule has 0 fully saturated rings. The van der Waals surface area contributed by atoms with Gasteiger partial charge in [-0.15, -0.1) is 0 Å². The Morgan fingerprint density at radius 3 is 2.03 bits per heavy atom. The molecule has 0 radical (unpaired) electrons. The van der Waals surface area contributed by atoms with Crippen LogP contribution in [0.15, 0.2) is 114 Å². The first-order chi connectivity index (χ1) is 29.5. The molecule has 0 saturated heterocycles. The van der Waals surface area contributed by atoms with E-state index in [1.54, 1.807) is 42.6 Å². The number of aromatic amines is 1. The first-order valence-corrected chi connectivity index (χ1v) is 20.2. The maximum Gasteiger partial charge on any atom is 0.243 e. The molecule has 320 valence electrons. The summed E-state index contributed by atoms with van der Waals surface area (Å²) in [4.78, 5) is 75.3. The third-order valence-electron chi connectivity index (χ3n) is 9.88. The van der Waals surface area contributed by atoms with Gasteiger partial charge in [-0.05, 0) is 84.8 Å². The van der Waals surface area contributed by atoms with Crippen LogP contribution < -0.4 is 43.8 Å². The smallest absolute Gasteiger partial charge is 0.243 e. The summed E-state index contributed by atoms with van der Waals surface area (Å²) in [5.74, 6) is -2.83. The van der Waals surface area contributed by atoms with Gasteiger partial charge in [-0.25, -0.2) is 0 Å². The number of carbonyl (C=O) groups excluding carboxylic acids is 5. The van der Waals surface area contributed by atoms with Crippen LogP contribution in [0.4, 0.5) is 5.69 Å². The SMILES string of the molecule is NCCCC(=O)N[C@@H](Cc1c[nH]c2ccc(O)cc12)C(=O)N[C@@H](Cc1ccc(-c2ccccc2)cc1)C(=O)N[C@@H](CCCCN=C(N)N)C(=O)NCC(=O)Nc1ccccc1. The van der Waals surface area contributed by atoms with Gasteiger partial charge in [0.25, 0.3) is 0 Å². The molecule has 0 saturated carbocycles. The topological polar surface area (TPSA) is 272 Å². The molecule has 16 nitrogen and oxygen atoms in total. The predicted octanol–water partition coefficient (Wildman–Crippen LogP) is 2.72. The number of hydrogen-bond donors (Lipinski definition) is 10. The second-order valence-electron chi connectivity index (χ2n) is 14.6. The van der Waals surface area contributed by atoms with Gasteiger partial charge in [0.15, 0.2) is 5.96 Å². The number of nitrogens with two attached hydrogens (primary N) is 3. The van der Waals surface area contributed by atoms with E-state index in [-0.39, 0.29) is 50.5 Å². The molecule has 3 atom stereocenters. The van der Waals surface area contributed by atoms with Crippen molar-refractivity contribution in [3.05, 3.63) is 120 Å². The summed E-state index contributed by atoms with van der Waals surface area (Å²) in [7, 11) is 0. The number of phenols is 1. The standard InChI is InChI=1S/C45H54N10O6/c46-22-9-15-40(57)53-39(25-32-27-50-36-21-20-34(56)26-35(32)36)44(61)55-38(24-29-16-18-31(19-17-29)30-10-3-1-4-11-30)43(60)54-37(14-7-8-23-49-45(47)48)42(59)51-28-41(58)52-33-12-5-2-6-13-33/h1-6,10-13,16-21,26-27,37-39,50,56H,7-9,14-15,22-25,28,46H2,(H,51,59)(H,52,58)(H,53,57)(H,54,60)(H,55,61)(H4,47,48,49)/t37-,38-,39-/m0/s1. The van der Waals surface area contributed by atoms with Crippen molar-refractivity contribution in [1.82, 2.24) is 26.3 Å². The number of nitrogens with zero attached hydrogens (tertiary/aromatic N) is 1. The largest absolute Gasteiger partial charge is 0.508 e. The number of fused-ring (bicyclic) bond motifs is 1.